The summed E-state index contributed by atoms with van der Waals surface area (Å²) in [5, 5.41) is 8.49. The molecule has 0 aliphatic heterocycles. The molecule has 2 N–H and O–H groups in total. The van der Waals surface area contributed by atoms with Gasteiger partial charge in [0.05, 0.1) is 10.2 Å². The van der Waals surface area contributed by atoms with Gasteiger partial charge in [-0.3, -0.25) is 14.0 Å². The van der Waals surface area contributed by atoms with Gasteiger partial charge in [0.25, 0.3) is 0 Å². The molecule has 0 bridgehead atoms. The third kappa shape index (κ3) is 4.61. The van der Waals surface area contributed by atoms with Crippen LogP contribution in [-0.4, -0.2) is 15.1 Å². The average molecular weight is 358 g/mol. The van der Waals surface area contributed by atoms with Crippen LogP contribution in [0.4, 0.5) is 0 Å². The highest BCUT2D eigenvalue weighted by Gasteiger charge is 2.04. The number of unbranched alkanes of at least 4 members (excludes halogenated alkanes) is 3. The predicted octanol–water partition coefficient (Wildman–Crippen LogP) is 5.03. The molecule has 0 fully saturated rings. The molecular formula is C19H22N2O3S. The predicted molar refractivity (Wildman–Crippen MR) is 100 cm³/mol. The summed E-state index contributed by atoms with van der Waals surface area (Å²) in [4.78, 5) is 11.0. The van der Waals surface area contributed by atoms with Gasteiger partial charge in [0, 0.05) is 13.0 Å². The van der Waals surface area contributed by atoms with Crippen LogP contribution in [0.25, 0.3) is 21.4 Å². The summed E-state index contributed by atoms with van der Waals surface area (Å²) in [6.45, 7) is 0.908. The van der Waals surface area contributed by atoms with Gasteiger partial charge in [-0.1, -0.05) is 48.6 Å². The number of para-hydroxylation sites is 3. The molecule has 132 valence electrons. The van der Waals surface area contributed by atoms with Crippen molar-refractivity contribution < 1.29 is 14.4 Å². The van der Waals surface area contributed by atoms with Crippen molar-refractivity contribution in [1.29, 1.82) is 0 Å². The molecule has 5 nitrogen and oxygen atoms in total. The molecule has 3 rings (SSSR count). The summed E-state index contributed by atoms with van der Waals surface area (Å²) in [5.74, 6) is -0.314. The zero-order valence-corrected chi connectivity index (χ0v) is 14.8. The first kappa shape index (κ1) is 17.5. The third-order valence-electron chi connectivity index (χ3n) is 4.05. The third-order valence-corrected chi connectivity index (χ3v) is 5.18. The van der Waals surface area contributed by atoms with Crippen LogP contribution in [-0.2, 0) is 11.3 Å². The largest absolute Gasteiger partial charge is 0.454 e. The Morgan fingerprint density at radius 3 is 2.56 bits per heavy atom. The Morgan fingerprint density at radius 2 is 1.72 bits per heavy atom. The monoisotopic (exact) mass is 358 g/mol. The van der Waals surface area contributed by atoms with E-state index >= 15 is 0 Å². The second-order valence-electron chi connectivity index (χ2n) is 5.91. The summed E-state index contributed by atoms with van der Waals surface area (Å²) in [6, 6.07) is 16.2. The van der Waals surface area contributed by atoms with E-state index in [1.165, 1.54) is 0 Å². The molecule has 0 saturated heterocycles. The van der Waals surface area contributed by atoms with Gasteiger partial charge < -0.3 is 4.42 Å². The zero-order valence-electron chi connectivity index (χ0n) is 14.0. The van der Waals surface area contributed by atoms with Gasteiger partial charge in [-0.2, -0.15) is 0 Å². The minimum atomic E-state index is -0.314. The Morgan fingerprint density at radius 1 is 1.00 bits per heavy atom. The summed E-state index contributed by atoms with van der Waals surface area (Å²) in [5.41, 5.74) is 4.52. The number of fused-ring (bicyclic) bond motifs is 2. The molecular weight excluding hydrogens is 336 g/mol. The Labute approximate surface area is 150 Å². The van der Waals surface area contributed by atoms with Crippen LogP contribution in [0, 0.1) is 0 Å². The van der Waals surface area contributed by atoms with Gasteiger partial charge in [-0.25, -0.2) is 5.48 Å². The smallest absolute Gasteiger partial charge is 0.243 e. The molecule has 6 heteroatoms. The van der Waals surface area contributed by atoms with E-state index in [4.69, 9.17) is 9.62 Å². The lowest BCUT2D eigenvalue weighted by Crippen LogP contribution is -2.17. The first-order valence-electron chi connectivity index (χ1n) is 8.52. The number of hydrogen-bond acceptors (Lipinski definition) is 4. The Balaban J connectivity index is 1.74. The highest BCUT2D eigenvalue weighted by atomic mass is 32.1. The Hall–Kier alpha value is -2.31. The zero-order chi connectivity index (χ0) is 17.5. The topological polar surface area (TPSA) is 67.4 Å². The molecule has 0 aliphatic carbocycles. The van der Waals surface area contributed by atoms with Crippen LogP contribution >= 0.6 is 11.5 Å². The molecule has 0 atom stereocenters. The van der Waals surface area contributed by atoms with Crippen molar-refractivity contribution in [2.45, 2.75) is 38.6 Å². The van der Waals surface area contributed by atoms with Gasteiger partial charge in [0.15, 0.2) is 5.58 Å². The fourth-order valence-corrected chi connectivity index (χ4v) is 3.81. The molecule has 0 saturated carbocycles. The van der Waals surface area contributed by atoms with Crippen LogP contribution in [0.2, 0.25) is 0 Å². The van der Waals surface area contributed by atoms with E-state index in [-0.39, 0.29) is 5.91 Å². The minimum Gasteiger partial charge on any atom is -0.454 e. The van der Waals surface area contributed by atoms with Crippen LogP contribution in [0.3, 0.4) is 0 Å². The number of carbonyl (C=O) groups is 1. The summed E-state index contributed by atoms with van der Waals surface area (Å²) < 4.78 is 9.47. The number of rotatable bonds is 7. The second-order valence-corrected chi connectivity index (χ2v) is 6.97. The number of benzene rings is 2. The standard InChI is InChI=1S/C19H22N2O3S/c22-19(20-23)13-3-1-2-8-14-21-15-9-4-5-10-16(15)24-17-11-6-7-12-18(17)25-21/h4-7,9-12,23H,1-3,8,13-14H2,(H,20,22). The maximum Gasteiger partial charge on any atom is 0.243 e. The molecule has 0 aliphatic rings. The average Bonchev–Trinajstić information content (AvgIpc) is 2.80. The van der Waals surface area contributed by atoms with Crippen molar-refractivity contribution in [3.05, 3.63) is 48.5 Å². The second kappa shape index (κ2) is 8.69. The fraction of sp³-hybridized carbons (Fsp3) is 0.316. The minimum absolute atomic E-state index is 0.314. The van der Waals surface area contributed by atoms with Crippen LogP contribution in [0.1, 0.15) is 32.1 Å². The number of carbonyl (C=O) groups excluding carboxylic acids is 1. The molecule has 0 spiro atoms. The van der Waals surface area contributed by atoms with Gasteiger partial charge in [-0.05, 0) is 37.1 Å². The molecule has 1 heterocycles. The Kier molecular flexibility index (Phi) is 6.09. The van der Waals surface area contributed by atoms with E-state index in [0.29, 0.717) is 6.42 Å². The lowest BCUT2D eigenvalue weighted by molar-refractivity contribution is -0.129. The number of nitrogens with zero attached hydrogens (tertiary/aromatic N) is 1. The molecule has 25 heavy (non-hydrogen) atoms. The molecule has 1 amide bonds. The van der Waals surface area contributed by atoms with Gasteiger partial charge in [-0.15, -0.1) is 0 Å². The number of hydrogen-bond donors (Lipinski definition) is 2. The quantitative estimate of drug-likeness (QED) is 0.354. The number of aryl methyl sites for hydroxylation is 1. The maximum atomic E-state index is 11.0. The van der Waals surface area contributed by atoms with E-state index in [1.54, 1.807) is 17.0 Å². The summed E-state index contributed by atoms with van der Waals surface area (Å²) in [6.07, 6.45) is 4.21. The Bertz CT molecular complexity index is 892. The highest BCUT2D eigenvalue weighted by Crippen LogP contribution is 2.24. The normalized spacial score (nSPS) is 10.9. The van der Waals surface area contributed by atoms with Gasteiger partial charge in [0.2, 0.25) is 5.91 Å². The van der Waals surface area contributed by atoms with Gasteiger partial charge >= 0.3 is 0 Å². The van der Waals surface area contributed by atoms with Crippen molar-refractivity contribution in [2.75, 3.05) is 0 Å². The molecule has 0 radical (unpaired) electrons. The lowest BCUT2D eigenvalue weighted by Gasteiger charge is -2.06. The van der Waals surface area contributed by atoms with Crippen molar-refractivity contribution in [1.82, 2.24) is 9.44 Å². The molecule has 2 aromatic carbocycles. The number of nitrogens with one attached hydrogen (secondary N) is 1. The van der Waals surface area contributed by atoms with E-state index in [0.717, 1.165) is 53.6 Å². The summed E-state index contributed by atoms with van der Waals surface area (Å²) in [7, 11) is 0. The maximum absolute atomic E-state index is 11.0. The number of hydroxylamine groups is 1. The van der Waals surface area contributed by atoms with Crippen LogP contribution in [0.5, 0.6) is 0 Å². The van der Waals surface area contributed by atoms with Crippen molar-refractivity contribution >= 4 is 38.8 Å². The van der Waals surface area contributed by atoms with E-state index < -0.39 is 0 Å². The first-order chi connectivity index (χ1) is 12.3. The van der Waals surface area contributed by atoms with Crippen molar-refractivity contribution in [2.24, 2.45) is 0 Å². The van der Waals surface area contributed by atoms with Crippen molar-refractivity contribution in [3.63, 3.8) is 0 Å². The van der Waals surface area contributed by atoms with Crippen LogP contribution < -0.4 is 5.48 Å². The molecule has 1 aromatic heterocycles. The highest BCUT2D eigenvalue weighted by molar-refractivity contribution is 7.13. The SMILES string of the molecule is O=C(CCCCCCn1sc2ccccc2oc2ccccc21)NO. The first-order valence-corrected chi connectivity index (χ1v) is 9.29. The lowest BCUT2D eigenvalue weighted by atomic mass is 10.1. The van der Waals surface area contributed by atoms with E-state index in [2.05, 4.69) is 16.1 Å². The molecule has 3 aromatic rings. The fourth-order valence-electron chi connectivity index (χ4n) is 2.76. The van der Waals surface area contributed by atoms with E-state index in [9.17, 15) is 4.79 Å². The van der Waals surface area contributed by atoms with Gasteiger partial charge in [0.1, 0.15) is 5.58 Å². The number of aromatic nitrogens is 1. The number of amides is 1. The van der Waals surface area contributed by atoms with E-state index in [1.807, 2.05) is 36.4 Å². The van der Waals surface area contributed by atoms with Crippen LogP contribution in [0.15, 0.2) is 52.9 Å². The summed E-state index contributed by atoms with van der Waals surface area (Å²) >= 11 is 1.70. The van der Waals surface area contributed by atoms with Crippen molar-refractivity contribution in [3.8, 4) is 0 Å². The molecule has 0 unspecified atom stereocenters.